The van der Waals surface area contributed by atoms with Gasteiger partial charge >= 0.3 is 0 Å². The molecule has 0 unspecified atom stereocenters. The molecule has 7 nitrogen and oxygen atoms in total. The zero-order chi connectivity index (χ0) is 24.7. The number of thiazole rings is 2. The lowest BCUT2D eigenvalue weighted by Gasteiger charge is -2.12. The van der Waals surface area contributed by atoms with Gasteiger partial charge < -0.3 is 4.90 Å². The van der Waals surface area contributed by atoms with E-state index in [0.717, 1.165) is 25.3 Å². The van der Waals surface area contributed by atoms with Gasteiger partial charge in [0.05, 0.1) is 27.6 Å². The number of anilines is 1. The van der Waals surface area contributed by atoms with Crippen LogP contribution < -0.4 is 24.2 Å². The van der Waals surface area contributed by atoms with E-state index in [-0.39, 0.29) is 22.0 Å². The number of halogens is 1. The number of nitro benzene ring substituents is 1. The Kier molecular flexibility index (Phi) is 6.30. The lowest BCUT2D eigenvalue weighted by atomic mass is 10.2. The highest BCUT2D eigenvalue weighted by Crippen LogP contribution is 2.45. The smallest absolute Gasteiger partial charge is 0.278 e. The average molecular weight is 528 g/mol. The number of hydrogen-bond donors (Lipinski definition) is 0. The Labute approximate surface area is 211 Å². The summed E-state index contributed by atoms with van der Waals surface area (Å²) in [6.07, 6.45) is 3.84. The number of fused-ring (bicyclic) bond motifs is 1. The number of nitro groups is 1. The highest BCUT2D eigenvalue weighted by atomic mass is 32.2. The summed E-state index contributed by atoms with van der Waals surface area (Å²) in [5.74, 6) is -0.307. The van der Waals surface area contributed by atoms with Gasteiger partial charge in [0.2, 0.25) is 0 Å². The van der Waals surface area contributed by atoms with Crippen LogP contribution in [0.1, 0.15) is 17.5 Å². The summed E-state index contributed by atoms with van der Waals surface area (Å²) in [7, 11) is 1.88. The molecule has 11 heteroatoms. The van der Waals surface area contributed by atoms with Gasteiger partial charge in [-0.15, -0.1) is 11.3 Å². The Hall–Kier alpha value is -3.28. The number of thioether (sulfide) groups is 1. The molecule has 0 bridgehead atoms. The van der Waals surface area contributed by atoms with Crippen LogP contribution in [0.3, 0.4) is 0 Å². The summed E-state index contributed by atoms with van der Waals surface area (Å²) in [6, 6.07) is 11.3. The minimum absolute atomic E-state index is 0.0784. The fourth-order valence-electron chi connectivity index (χ4n) is 3.97. The van der Waals surface area contributed by atoms with Crippen LogP contribution in [0.5, 0.6) is 0 Å². The predicted octanol–water partition coefficient (Wildman–Crippen LogP) is 3.51. The maximum atomic E-state index is 13.7. The number of para-hydroxylation sites is 1. The second-order valence-electron chi connectivity index (χ2n) is 7.80. The minimum atomic E-state index is -0.372. The summed E-state index contributed by atoms with van der Waals surface area (Å²) in [5, 5.41) is 15.0. The third-order valence-electron chi connectivity index (χ3n) is 5.71. The quantitative estimate of drug-likeness (QED) is 0.226. The molecule has 0 spiro atoms. The zero-order valence-electron chi connectivity index (χ0n) is 18.8. The van der Waals surface area contributed by atoms with Crippen LogP contribution >= 0.6 is 34.4 Å². The largest absolute Gasteiger partial charge is 0.337 e. The standard InChI is InChI=1S/C24H20FN4O3S3/c1-3-28-21(13-20-27(10-11-33-20)14-15-6-4-5-7-17(15)29(31)32)35-22(23(28)30)24-26(2)18-9-8-16(25)12-19(18)34-24/h4-13H,3,14H2,1-2H3/q+1/b24-22+. The van der Waals surface area contributed by atoms with Crippen molar-refractivity contribution in [3.8, 4) is 0 Å². The molecular weight excluding hydrogens is 507 g/mol. The van der Waals surface area contributed by atoms with Gasteiger partial charge in [0.15, 0.2) is 12.7 Å². The van der Waals surface area contributed by atoms with Crippen LogP contribution in [0.25, 0.3) is 11.1 Å². The normalized spacial score (nSPS) is 15.1. The van der Waals surface area contributed by atoms with Gasteiger partial charge in [0.1, 0.15) is 20.0 Å². The van der Waals surface area contributed by atoms with Crippen molar-refractivity contribution >= 4 is 56.9 Å². The molecule has 2 aromatic heterocycles. The van der Waals surface area contributed by atoms with E-state index in [1.54, 1.807) is 28.8 Å². The Morgan fingerprint density at radius 3 is 2.80 bits per heavy atom. The Morgan fingerprint density at radius 1 is 1.23 bits per heavy atom. The van der Waals surface area contributed by atoms with Crippen molar-refractivity contribution in [2.45, 2.75) is 24.9 Å². The average Bonchev–Trinajstić information content (AvgIpc) is 3.50. The fourth-order valence-corrected chi connectivity index (χ4v) is 7.31. The fraction of sp³-hybridized carbons (Fsp3) is 0.167. The van der Waals surface area contributed by atoms with Gasteiger partial charge in [-0.05, 0) is 31.2 Å². The molecule has 0 atom stereocenters. The van der Waals surface area contributed by atoms with Crippen molar-refractivity contribution in [2.75, 3.05) is 11.9 Å². The van der Waals surface area contributed by atoms with E-state index in [4.69, 9.17) is 0 Å². The molecule has 4 aromatic rings. The van der Waals surface area contributed by atoms with Crippen molar-refractivity contribution < 1.29 is 13.9 Å². The summed E-state index contributed by atoms with van der Waals surface area (Å²) in [4.78, 5) is 27.1. The predicted molar refractivity (Wildman–Crippen MR) is 138 cm³/mol. The number of rotatable bonds is 5. The van der Waals surface area contributed by atoms with E-state index in [2.05, 4.69) is 0 Å². The van der Waals surface area contributed by atoms with Gasteiger partial charge in [-0.3, -0.25) is 19.5 Å². The maximum Gasteiger partial charge on any atom is 0.278 e. The van der Waals surface area contributed by atoms with Crippen molar-refractivity contribution in [2.24, 2.45) is 0 Å². The van der Waals surface area contributed by atoms with E-state index < -0.39 is 0 Å². The zero-order valence-corrected chi connectivity index (χ0v) is 21.3. The first kappa shape index (κ1) is 23.5. The molecule has 0 amide bonds. The van der Waals surface area contributed by atoms with Gasteiger partial charge in [-0.1, -0.05) is 35.2 Å². The van der Waals surface area contributed by atoms with E-state index in [9.17, 15) is 19.3 Å². The second kappa shape index (κ2) is 9.40. The summed E-state index contributed by atoms with van der Waals surface area (Å²) in [6.45, 7) is 2.77. The lowest BCUT2D eigenvalue weighted by Crippen LogP contribution is -2.36. The Balaban J connectivity index is 1.60. The van der Waals surface area contributed by atoms with Crippen LogP contribution in [0.2, 0.25) is 0 Å². The SMILES string of the molecule is CCn1c(=O)/c(=C2\Sc3cc(F)ccc3N2C)s/c1=C\c1scc[n+]1Cc1ccccc1[N+](=O)[O-]. The topological polar surface area (TPSA) is 72.3 Å². The molecule has 0 saturated carbocycles. The summed E-state index contributed by atoms with van der Waals surface area (Å²) >= 11 is 4.29. The molecule has 178 valence electrons. The second-order valence-corrected chi connectivity index (χ2v) is 10.8. The van der Waals surface area contributed by atoms with Crippen molar-refractivity contribution in [1.82, 2.24) is 4.57 Å². The first-order chi connectivity index (χ1) is 16.9. The Morgan fingerprint density at radius 2 is 2.03 bits per heavy atom. The Bertz CT molecular complexity index is 1640. The van der Waals surface area contributed by atoms with E-state index >= 15 is 0 Å². The van der Waals surface area contributed by atoms with Crippen molar-refractivity contribution in [3.05, 3.63) is 100 Å². The molecule has 3 heterocycles. The number of hydrogen-bond acceptors (Lipinski definition) is 7. The first-order valence-electron chi connectivity index (χ1n) is 10.7. The maximum absolute atomic E-state index is 13.7. The van der Waals surface area contributed by atoms with E-state index in [0.29, 0.717) is 23.2 Å². The molecule has 35 heavy (non-hydrogen) atoms. The summed E-state index contributed by atoms with van der Waals surface area (Å²) in [5.41, 5.74) is 1.47. The molecule has 1 aliphatic rings. The third kappa shape index (κ3) is 4.30. The van der Waals surface area contributed by atoms with Crippen LogP contribution in [-0.2, 0) is 13.1 Å². The van der Waals surface area contributed by atoms with Crippen LogP contribution in [-0.4, -0.2) is 16.5 Å². The number of nitrogens with zero attached hydrogens (tertiary/aromatic N) is 4. The summed E-state index contributed by atoms with van der Waals surface area (Å²) < 4.78 is 18.8. The van der Waals surface area contributed by atoms with E-state index in [1.165, 1.54) is 52.6 Å². The first-order valence-corrected chi connectivity index (χ1v) is 13.2. The molecule has 1 aliphatic heterocycles. The number of aromatic nitrogens is 2. The van der Waals surface area contributed by atoms with Crippen molar-refractivity contribution in [1.29, 1.82) is 0 Å². The third-order valence-corrected chi connectivity index (χ3v) is 9.02. The van der Waals surface area contributed by atoms with E-state index in [1.807, 2.05) is 41.1 Å². The monoisotopic (exact) mass is 527 g/mol. The number of benzene rings is 2. The highest BCUT2D eigenvalue weighted by Gasteiger charge is 2.25. The molecule has 0 N–H and O–H groups in total. The molecule has 0 aliphatic carbocycles. The van der Waals surface area contributed by atoms with Gasteiger partial charge in [0.25, 0.3) is 16.3 Å². The van der Waals surface area contributed by atoms with Crippen LogP contribution in [0, 0.1) is 15.9 Å². The molecule has 2 aromatic carbocycles. The minimum Gasteiger partial charge on any atom is -0.337 e. The molecule has 0 saturated heterocycles. The molecular formula is C24H20FN4O3S3+. The van der Waals surface area contributed by atoms with Crippen LogP contribution in [0.4, 0.5) is 15.8 Å². The van der Waals surface area contributed by atoms with Crippen LogP contribution in [0.15, 0.2) is 63.7 Å². The molecule has 0 fully saturated rings. The van der Waals surface area contributed by atoms with Gasteiger partial charge in [-0.2, -0.15) is 4.57 Å². The van der Waals surface area contributed by atoms with Gasteiger partial charge in [-0.25, -0.2) is 4.39 Å². The lowest BCUT2D eigenvalue weighted by molar-refractivity contribution is -0.685. The van der Waals surface area contributed by atoms with Gasteiger partial charge in [0, 0.05) is 24.6 Å². The van der Waals surface area contributed by atoms with Crippen molar-refractivity contribution in [3.63, 3.8) is 0 Å². The highest BCUT2D eigenvalue weighted by molar-refractivity contribution is 8.08. The molecule has 5 rings (SSSR count). The molecule has 0 radical (unpaired) electrons.